The van der Waals surface area contributed by atoms with Gasteiger partial charge >= 0.3 is 0 Å². The number of aryl methyl sites for hydroxylation is 1. The molecule has 1 fully saturated rings. The summed E-state index contributed by atoms with van der Waals surface area (Å²) in [5.41, 5.74) is 6.79. The van der Waals surface area contributed by atoms with Crippen LogP contribution in [0.1, 0.15) is 25.6 Å². The zero-order chi connectivity index (χ0) is 13.4. The van der Waals surface area contributed by atoms with Crippen LogP contribution in [0.2, 0.25) is 0 Å². The lowest BCUT2D eigenvalue weighted by molar-refractivity contribution is 0.307. The van der Waals surface area contributed by atoms with Gasteiger partial charge in [0.25, 0.3) is 0 Å². The van der Waals surface area contributed by atoms with Crippen molar-refractivity contribution in [2.24, 2.45) is 13.0 Å². The minimum Gasteiger partial charge on any atom is -0.383 e. The maximum atomic E-state index is 5.98. The number of fused-ring (bicyclic) bond motifs is 1. The van der Waals surface area contributed by atoms with Crippen LogP contribution in [0.4, 0.5) is 5.82 Å². The maximum absolute atomic E-state index is 5.98. The van der Waals surface area contributed by atoms with Gasteiger partial charge in [-0.2, -0.15) is 5.10 Å². The van der Waals surface area contributed by atoms with Gasteiger partial charge in [0.15, 0.2) is 5.65 Å². The smallest absolute Gasteiger partial charge is 0.163 e. The molecule has 3 rings (SSSR count). The zero-order valence-corrected chi connectivity index (χ0v) is 11.5. The lowest BCUT2D eigenvalue weighted by Crippen LogP contribution is -2.22. The van der Waals surface area contributed by atoms with Crippen molar-refractivity contribution >= 4 is 16.9 Å². The summed E-state index contributed by atoms with van der Waals surface area (Å²) in [5, 5.41) is 5.01. The fourth-order valence-corrected chi connectivity index (χ4v) is 2.75. The first-order chi connectivity index (χ1) is 9.17. The van der Waals surface area contributed by atoms with Gasteiger partial charge in [-0.3, -0.25) is 9.58 Å². The predicted molar refractivity (Wildman–Crippen MR) is 74.4 cm³/mol. The molecule has 2 aromatic heterocycles. The molecule has 0 amide bonds. The fourth-order valence-electron chi connectivity index (χ4n) is 2.75. The first-order valence-electron chi connectivity index (χ1n) is 6.83. The van der Waals surface area contributed by atoms with Crippen molar-refractivity contribution in [2.75, 3.05) is 18.8 Å². The van der Waals surface area contributed by atoms with E-state index in [-0.39, 0.29) is 0 Å². The van der Waals surface area contributed by atoms with Crippen molar-refractivity contribution in [3.05, 3.63) is 12.0 Å². The molecule has 0 bridgehead atoms. The van der Waals surface area contributed by atoms with E-state index in [0.717, 1.165) is 42.4 Å². The Labute approximate surface area is 112 Å². The van der Waals surface area contributed by atoms with Gasteiger partial charge in [0.1, 0.15) is 11.6 Å². The van der Waals surface area contributed by atoms with E-state index in [1.54, 1.807) is 10.9 Å². The Balaban J connectivity index is 1.83. The van der Waals surface area contributed by atoms with Crippen LogP contribution >= 0.6 is 0 Å². The van der Waals surface area contributed by atoms with Gasteiger partial charge in [-0.05, 0) is 18.9 Å². The van der Waals surface area contributed by atoms with Crippen LogP contribution in [-0.2, 0) is 13.6 Å². The molecular formula is C13H20N6. The van der Waals surface area contributed by atoms with Crippen LogP contribution in [0.25, 0.3) is 11.0 Å². The molecule has 6 nitrogen and oxygen atoms in total. The number of hydrogen-bond acceptors (Lipinski definition) is 5. The molecular weight excluding hydrogens is 240 g/mol. The van der Waals surface area contributed by atoms with E-state index in [0.29, 0.717) is 5.82 Å². The van der Waals surface area contributed by atoms with Crippen molar-refractivity contribution < 1.29 is 0 Å². The van der Waals surface area contributed by atoms with Gasteiger partial charge in [0, 0.05) is 13.6 Å². The molecule has 19 heavy (non-hydrogen) atoms. The number of likely N-dealkylation sites (tertiary alicyclic amines) is 1. The summed E-state index contributed by atoms with van der Waals surface area (Å²) in [6.45, 7) is 5.31. The van der Waals surface area contributed by atoms with Crippen LogP contribution in [0, 0.1) is 5.92 Å². The molecule has 1 aliphatic rings. The third-order valence-electron chi connectivity index (χ3n) is 3.98. The van der Waals surface area contributed by atoms with E-state index < -0.39 is 0 Å². The number of rotatable bonds is 3. The molecule has 6 heteroatoms. The number of nitrogen functional groups attached to an aromatic ring is 1. The molecule has 2 N–H and O–H groups in total. The summed E-state index contributed by atoms with van der Waals surface area (Å²) in [6.07, 6.45) is 4.25. The van der Waals surface area contributed by atoms with E-state index >= 15 is 0 Å². The van der Waals surface area contributed by atoms with Crippen LogP contribution in [0.15, 0.2) is 6.20 Å². The third kappa shape index (κ3) is 2.28. The molecule has 1 saturated heterocycles. The average Bonchev–Trinajstić information content (AvgIpc) is 2.98. The summed E-state index contributed by atoms with van der Waals surface area (Å²) in [6, 6.07) is 0. The Morgan fingerprint density at radius 2 is 2.26 bits per heavy atom. The van der Waals surface area contributed by atoms with E-state index in [9.17, 15) is 0 Å². The lowest BCUT2D eigenvalue weighted by atomic mass is 10.1. The minimum absolute atomic E-state index is 0.527. The first kappa shape index (κ1) is 12.3. The van der Waals surface area contributed by atoms with Gasteiger partial charge in [-0.1, -0.05) is 13.3 Å². The molecule has 0 aromatic carbocycles. The SMILES string of the molecule is CCC1CCN(Cc2nc(N)c3cnn(C)c3n2)C1. The molecule has 1 aliphatic heterocycles. The van der Waals surface area contributed by atoms with Crippen LogP contribution < -0.4 is 5.73 Å². The molecule has 102 valence electrons. The molecule has 3 heterocycles. The van der Waals surface area contributed by atoms with Gasteiger partial charge in [0.05, 0.1) is 18.1 Å². The second-order valence-corrected chi connectivity index (χ2v) is 5.33. The van der Waals surface area contributed by atoms with Gasteiger partial charge in [-0.25, -0.2) is 9.97 Å². The Bertz CT molecular complexity index is 590. The topological polar surface area (TPSA) is 72.9 Å². The standard InChI is InChI=1S/C13H20N6/c1-3-9-4-5-19(7-9)8-11-16-12(14)10-6-15-18(2)13(10)17-11/h6,9H,3-5,7-8H2,1-2H3,(H2,14,16,17). The number of anilines is 1. The monoisotopic (exact) mass is 260 g/mol. The molecule has 0 radical (unpaired) electrons. The zero-order valence-electron chi connectivity index (χ0n) is 11.5. The number of aromatic nitrogens is 4. The minimum atomic E-state index is 0.527. The third-order valence-corrected chi connectivity index (χ3v) is 3.98. The second kappa shape index (κ2) is 4.77. The Morgan fingerprint density at radius 1 is 1.42 bits per heavy atom. The Morgan fingerprint density at radius 3 is 3.00 bits per heavy atom. The van der Waals surface area contributed by atoms with Gasteiger partial charge < -0.3 is 5.73 Å². The van der Waals surface area contributed by atoms with E-state index in [1.165, 1.54) is 12.8 Å². The summed E-state index contributed by atoms with van der Waals surface area (Å²) in [4.78, 5) is 11.4. The highest BCUT2D eigenvalue weighted by atomic mass is 15.3. The normalized spacial score (nSPS) is 20.4. The van der Waals surface area contributed by atoms with Crippen molar-refractivity contribution in [3.8, 4) is 0 Å². The molecule has 2 aromatic rings. The summed E-state index contributed by atoms with van der Waals surface area (Å²) in [5.74, 6) is 2.14. The first-order valence-corrected chi connectivity index (χ1v) is 6.83. The maximum Gasteiger partial charge on any atom is 0.163 e. The number of hydrogen-bond donors (Lipinski definition) is 1. The second-order valence-electron chi connectivity index (χ2n) is 5.33. The molecule has 1 atom stereocenters. The van der Waals surface area contributed by atoms with Gasteiger partial charge in [0.2, 0.25) is 0 Å². The van der Waals surface area contributed by atoms with Crippen molar-refractivity contribution in [2.45, 2.75) is 26.3 Å². The van der Waals surface area contributed by atoms with Crippen LogP contribution in [-0.4, -0.2) is 37.7 Å². The average molecular weight is 260 g/mol. The summed E-state index contributed by atoms with van der Waals surface area (Å²) < 4.78 is 1.75. The number of nitrogens with zero attached hydrogens (tertiary/aromatic N) is 5. The lowest BCUT2D eigenvalue weighted by Gasteiger charge is -2.14. The van der Waals surface area contributed by atoms with E-state index in [4.69, 9.17) is 5.73 Å². The van der Waals surface area contributed by atoms with Crippen molar-refractivity contribution in [1.82, 2.24) is 24.6 Å². The Kier molecular flexibility index (Phi) is 3.10. The van der Waals surface area contributed by atoms with Crippen molar-refractivity contribution in [1.29, 1.82) is 0 Å². The predicted octanol–water partition coefficient (Wildman–Crippen LogP) is 1.18. The van der Waals surface area contributed by atoms with E-state index in [2.05, 4.69) is 26.9 Å². The molecule has 1 unspecified atom stereocenters. The summed E-state index contributed by atoms with van der Waals surface area (Å²) in [7, 11) is 1.88. The van der Waals surface area contributed by atoms with Crippen LogP contribution in [0.5, 0.6) is 0 Å². The largest absolute Gasteiger partial charge is 0.383 e. The summed E-state index contributed by atoms with van der Waals surface area (Å²) >= 11 is 0. The highest BCUT2D eigenvalue weighted by Gasteiger charge is 2.22. The fraction of sp³-hybridized carbons (Fsp3) is 0.615. The molecule has 0 saturated carbocycles. The Hall–Kier alpha value is -1.69. The highest BCUT2D eigenvalue weighted by molar-refractivity contribution is 5.84. The van der Waals surface area contributed by atoms with Gasteiger partial charge in [-0.15, -0.1) is 0 Å². The molecule has 0 spiro atoms. The number of nitrogens with two attached hydrogens (primary N) is 1. The van der Waals surface area contributed by atoms with Crippen molar-refractivity contribution in [3.63, 3.8) is 0 Å². The quantitative estimate of drug-likeness (QED) is 0.897. The van der Waals surface area contributed by atoms with Crippen LogP contribution in [0.3, 0.4) is 0 Å². The van der Waals surface area contributed by atoms with E-state index in [1.807, 2.05) is 7.05 Å². The molecule has 0 aliphatic carbocycles. The highest BCUT2D eigenvalue weighted by Crippen LogP contribution is 2.22.